The van der Waals surface area contributed by atoms with Crippen molar-refractivity contribution >= 4 is 5.69 Å². The number of rotatable bonds is 5. The predicted molar refractivity (Wildman–Crippen MR) is 79.1 cm³/mol. The zero-order valence-electron chi connectivity index (χ0n) is 11.6. The molecule has 98 valence electrons. The fraction of sp³-hybridized carbons (Fsp3) is 0.500. The van der Waals surface area contributed by atoms with Gasteiger partial charge in [0, 0.05) is 31.9 Å². The van der Waals surface area contributed by atoms with Crippen molar-refractivity contribution in [1.82, 2.24) is 5.32 Å². The quantitative estimate of drug-likeness (QED) is 0.801. The van der Waals surface area contributed by atoms with Gasteiger partial charge in [-0.05, 0) is 43.4 Å². The molecule has 0 spiro atoms. The molecule has 0 amide bonds. The first kappa shape index (κ1) is 13.2. The van der Waals surface area contributed by atoms with Gasteiger partial charge in [0.1, 0.15) is 0 Å². The summed E-state index contributed by atoms with van der Waals surface area (Å²) in [6.07, 6.45) is 5.48. The van der Waals surface area contributed by atoms with E-state index in [2.05, 4.69) is 49.0 Å². The van der Waals surface area contributed by atoms with Crippen molar-refractivity contribution in [3.8, 4) is 0 Å². The summed E-state index contributed by atoms with van der Waals surface area (Å²) >= 11 is 0. The first-order valence-corrected chi connectivity index (χ1v) is 6.88. The molecule has 18 heavy (non-hydrogen) atoms. The van der Waals surface area contributed by atoms with Crippen LogP contribution in [0.1, 0.15) is 30.9 Å². The minimum atomic E-state index is 0.501. The summed E-state index contributed by atoms with van der Waals surface area (Å²) in [6, 6.07) is 7.37. The van der Waals surface area contributed by atoms with Crippen LogP contribution >= 0.6 is 0 Å². The Hall–Kier alpha value is -1.28. The van der Waals surface area contributed by atoms with E-state index >= 15 is 0 Å². The average molecular weight is 244 g/mol. The standard InChI is InChI=1S/C16H24N2/c1-4-6-13(2)17-12-14-8-9-16-15(11-14)7-5-10-18(16)3/h4,8-9,11,13,17H,1,5-7,10,12H2,2-3H3. The van der Waals surface area contributed by atoms with Crippen molar-refractivity contribution in [2.24, 2.45) is 0 Å². The Kier molecular flexibility index (Phi) is 4.43. The number of hydrogen-bond acceptors (Lipinski definition) is 2. The van der Waals surface area contributed by atoms with Crippen LogP contribution in [0.25, 0.3) is 0 Å². The Morgan fingerprint density at radius 1 is 1.50 bits per heavy atom. The zero-order valence-corrected chi connectivity index (χ0v) is 11.6. The molecule has 0 saturated carbocycles. The summed E-state index contributed by atoms with van der Waals surface area (Å²) in [4.78, 5) is 2.36. The predicted octanol–water partition coefficient (Wildman–Crippen LogP) is 3.12. The SMILES string of the molecule is C=CCC(C)NCc1ccc2c(c1)CCCN2C. The van der Waals surface area contributed by atoms with Crippen molar-refractivity contribution in [2.45, 2.75) is 38.8 Å². The number of hydrogen-bond donors (Lipinski definition) is 1. The highest BCUT2D eigenvalue weighted by molar-refractivity contribution is 5.56. The van der Waals surface area contributed by atoms with Gasteiger partial charge in [0.15, 0.2) is 0 Å². The van der Waals surface area contributed by atoms with Crippen LogP contribution in [0.2, 0.25) is 0 Å². The molecule has 2 rings (SSSR count). The third-order valence-electron chi connectivity index (χ3n) is 3.67. The van der Waals surface area contributed by atoms with Crippen molar-refractivity contribution < 1.29 is 0 Å². The third-order valence-corrected chi connectivity index (χ3v) is 3.67. The summed E-state index contributed by atoms with van der Waals surface area (Å²) in [5.74, 6) is 0. The molecular formula is C16H24N2. The van der Waals surface area contributed by atoms with Crippen LogP contribution in [0.3, 0.4) is 0 Å². The molecule has 2 nitrogen and oxygen atoms in total. The Bertz CT molecular complexity index is 412. The van der Waals surface area contributed by atoms with Crippen molar-refractivity contribution in [2.75, 3.05) is 18.5 Å². The van der Waals surface area contributed by atoms with Gasteiger partial charge in [-0.2, -0.15) is 0 Å². The minimum Gasteiger partial charge on any atom is -0.374 e. The Morgan fingerprint density at radius 2 is 2.33 bits per heavy atom. The number of benzene rings is 1. The van der Waals surface area contributed by atoms with Crippen LogP contribution < -0.4 is 10.2 Å². The van der Waals surface area contributed by atoms with Crippen molar-refractivity contribution in [3.63, 3.8) is 0 Å². The van der Waals surface area contributed by atoms with Crippen molar-refractivity contribution in [1.29, 1.82) is 0 Å². The molecule has 0 bridgehead atoms. The van der Waals surface area contributed by atoms with E-state index in [0.29, 0.717) is 6.04 Å². The second-order valence-electron chi connectivity index (χ2n) is 5.29. The summed E-state index contributed by atoms with van der Waals surface area (Å²) in [6.45, 7) is 8.11. The van der Waals surface area contributed by atoms with Gasteiger partial charge in [-0.25, -0.2) is 0 Å². The Labute approximate surface area is 111 Å². The van der Waals surface area contributed by atoms with Crippen LogP contribution in [-0.2, 0) is 13.0 Å². The highest BCUT2D eigenvalue weighted by atomic mass is 15.1. The average Bonchev–Trinajstić information content (AvgIpc) is 2.37. The first-order valence-electron chi connectivity index (χ1n) is 6.88. The first-order chi connectivity index (χ1) is 8.70. The van der Waals surface area contributed by atoms with Crippen LogP contribution in [0, 0.1) is 0 Å². The number of anilines is 1. The molecule has 1 heterocycles. The monoisotopic (exact) mass is 244 g/mol. The van der Waals surface area contributed by atoms with E-state index in [1.54, 1.807) is 0 Å². The number of fused-ring (bicyclic) bond motifs is 1. The highest BCUT2D eigenvalue weighted by Gasteiger charge is 2.13. The van der Waals surface area contributed by atoms with Gasteiger partial charge in [0.05, 0.1) is 0 Å². The third kappa shape index (κ3) is 3.14. The van der Waals surface area contributed by atoms with E-state index in [-0.39, 0.29) is 0 Å². The molecule has 1 aromatic rings. The molecular weight excluding hydrogens is 220 g/mol. The van der Waals surface area contributed by atoms with E-state index in [9.17, 15) is 0 Å². The minimum absolute atomic E-state index is 0.501. The summed E-state index contributed by atoms with van der Waals surface area (Å²) in [7, 11) is 2.18. The van der Waals surface area contributed by atoms with Gasteiger partial charge in [-0.3, -0.25) is 0 Å². The molecule has 1 aromatic carbocycles. The summed E-state index contributed by atoms with van der Waals surface area (Å²) in [5, 5.41) is 3.53. The number of aryl methyl sites for hydroxylation is 1. The lowest BCUT2D eigenvalue weighted by Crippen LogP contribution is -2.26. The van der Waals surface area contributed by atoms with Gasteiger partial charge in [0.25, 0.3) is 0 Å². The number of nitrogens with one attached hydrogen (secondary N) is 1. The van der Waals surface area contributed by atoms with E-state index in [1.807, 2.05) is 6.08 Å². The maximum absolute atomic E-state index is 3.78. The molecule has 1 unspecified atom stereocenters. The van der Waals surface area contributed by atoms with Crippen LogP contribution in [0.4, 0.5) is 5.69 Å². The molecule has 0 saturated heterocycles. The molecule has 2 heteroatoms. The molecule has 0 fully saturated rings. The van der Waals surface area contributed by atoms with Gasteiger partial charge in [0.2, 0.25) is 0 Å². The Balaban J connectivity index is 2.00. The van der Waals surface area contributed by atoms with Crippen LogP contribution in [-0.4, -0.2) is 19.6 Å². The van der Waals surface area contributed by atoms with E-state index in [4.69, 9.17) is 0 Å². The second kappa shape index (κ2) is 6.05. The lowest BCUT2D eigenvalue weighted by atomic mass is 9.99. The topological polar surface area (TPSA) is 15.3 Å². The molecule has 1 atom stereocenters. The smallest absolute Gasteiger partial charge is 0.0396 e. The molecule has 0 aromatic heterocycles. The zero-order chi connectivity index (χ0) is 13.0. The fourth-order valence-corrected chi connectivity index (χ4v) is 2.57. The normalized spacial score (nSPS) is 16.2. The summed E-state index contributed by atoms with van der Waals surface area (Å²) < 4.78 is 0. The molecule has 0 aliphatic carbocycles. The molecule has 1 aliphatic rings. The fourth-order valence-electron chi connectivity index (χ4n) is 2.57. The van der Waals surface area contributed by atoms with E-state index in [0.717, 1.165) is 13.0 Å². The maximum Gasteiger partial charge on any atom is 0.0396 e. The van der Waals surface area contributed by atoms with Gasteiger partial charge < -0.3 is 10.2 Å². The molecule has 0 radical (unpaired) electrons. The highest BCUT2D eigenvalue weighted by Crippen LogP contribution is 2.26. The van der Waals surface area contributed by atoms with E-state index < -0.39 is 0 Å². The molecule has 1 aliphatic heterocycles. The van der Waals surface area contributed by atoms with Crippen LogP contribution in [0.15, 0.2) is 30.9 Å². The van der Waals surface area contributed by atoms with Gasteiger partial charge in [-0.15, -0.1) is 6.58 Å². The van der Waals surface area contributed by atoms with Crippen LogP contribution in [0.5, 0.6) is 0 Å². The van der Waals surface area contributed by atoms with E-state index in [1.165, 1.54) is 36.2 Å². The summed E-state index contributed by atoms with van der Waals surface area (Å²) in [5.41, 5.74) is 4.29. The second-order valence-corrected chi connectivity index (χ2v) is 5.29. The van der Waals surface area contributed by atoms with Gasteiger partial charge >= 0.3 is 0 Å². The van der Waals surface area contributed by atoms with Gasteiger partial charge in [-0.1, -0.05) is 18.2 Å². The lowest BCUT2D eigenvalue weighted by molar-refractivity contribution is 0.553. The molecule has 1 N–H and O–H groups in total. The maximum atomic E-state index is 3.78. The van der Waals surface area contributed by atoms with Crippen molar-refractivity contribution in [3.05, 3.63) is 42.0 Å². The Morgan fingerprint density at radius 3 is 3.11 bits per heavy atom. The lowest BCUT2D eigenvalue weighted by Gasteiger charge is -2.28. The number of nitrogens with zero attached hydrogens (tertiary/aromatic N) is 1. The largest absolute Gasteiger partial charge is 0.374 e.